The maximum absolute atomic E-state index is 5.07. The molecule has 0 fully saturated rings. The van der Waals surface area contributed by atoms with Crippen LogP contribution in [0.25, 0.3) is 0 Å². The van der Waals surface area contributed by atoms with Gasteiger partial charge >= 0.3 is 0 Å². The van der Waals surface area contributed by atoms with E-state index in [1.165, 1.54) is 0 Å². The Bertz CT molecular complexity index is 289. The van der Waals surface area contributed by atoms with Gasteiger partial charge in [-0.3, -0.25) is 4.68 Å². The molecule has 92 valence electrons. The average Bonchev–Trinajstić information content (AvgIpc) is 2.72. The number of hydrogen-bond acceptors (Lipinski definition) is 4. The molecule has 0 aliphatic carbocycles. The fourth-order valence-corrected chi connectivity index (χ4v) is 1.40. The lowest BCUT2D eigenvalue weighted by molar-refractivity contribution is 0.164. The predicted molar refractivity (Wildman–Crippen MR) is 63.6 cm³/mol. The molecule has 1 heterocycles. The van der Waals surface area contributed by atoms with Crippen molar-refractivity contribution in [3.05, 3.63) is 12.4 Å². The van der Waals surface area contributed by atoms with Crippen molar-refractivity contribution in [2.75, 3.05) is 39.3 Å². The monoisotopic (exact) mass is 227 g/mol. The van der Waals surface area contributed by atoms with Gasteiger partial charge in [-0.1, -0.05) is 6.92 Å². The quantitative estimate of drug-likeness (QED) is 0.725. The first-order valence-corrected chi connectivity index (χ1v) is 5.50. The summed E-state index contributed by atoms with van der Waals surface area (Å²) in [5, 5.41) is 7.54. The summed E-state index contributed by atoms with van der Waals surface area (Å²) in [7, 11) is 3.41. The molecule has 1 atom stereocenters. The highest BCUT2D eigenvalue weighted by Gasteiger charge is 2.02. The fourth-order valence-electron chi connectivity index (χ4n) is 1.40. The van der Waals surface area contributed by atoms with Crippen molar-refractivity contribution in [2.45, 2.75) is 13.5 Å². The summed E-state index contributed by atoms with van der Waals surface area (Å²) in [6.45, 7) is 5.27. The highest BCUT2D eigenvalue weighted by molar-refractivity contribution is 5.37. The highest BCUT2D eigenvalue weighted by atomic mass is 16.5. The zero-order valence-corrected chi connectivity index (χ0v) is 10.3. The lowest BCUT2D eigenvalue weighted by Crippen LogP contribution is -2.15. The van der Waals surface area contributed by atoms with Crippen LogP contribution in [0.15, 0.2) is 12.4 Å². The van der Waals surface area contributed by atoms with E-state index in [1.807, 2.05) is 17.1 Å². The molecule has 0 saturated carbocycles. The van der Waals surface area contributed by atoms with Gasteiger partial charge in [0, 0.05) is 27.0 Å². The summed E-state index contributed by atoms with van der Waals surface area (Å²) in [6.07, 6.45) is 3.81. The van der Waals surface area contributed by atoms with E-state index < -0.39 is 0 Å². The van der Waals surface area contributed by atoms with Crippen LogP contribution in [-0.2, 0) is 16.0 Å². The first kappa shape index (κ1) is 13.0. The first-order chi connectivity index (χ1) is 7.76. The summed E-state index contributed by atoms with van der Waals surface area (Å²) in [6, 6.07) is 0. The normalized spacial score (nSPS) is 12.7. The van der Waals surface area contributed by atoms with Gasteiger partial charge in [-0.05, 0) is 5.92 Å². The van der Waals surface area contributed by atoms with Gasteiger partial charge in [-0.25, -0.2) is 0 Å². The van der Waals surface area contributed by atoms with Gasteiger partial charge in [0.25, 0.3) is 0 Å². The van der Waals surface area contributed by atoms with Gasteiger partial charge in [-0.2, -0.15) is 5.10 Å². The third-order valence-corrected chi connectivity index (χ3v) is 2.26. The summed E-state index contributed by atoms with van der Waals surface area (Å²) in [4.78, 5) is 0. The molecular formula is C11H21N3O2. The van der Waals surface area contributed by atoms with Gasteiger partial charge < -0.3 is 14.8 Å². The van der Waals surface area contributed by atoms with Crippen LogP contribution in [0.5, 0.6) is 0 Å². The van der Waals surface area contributed by atoms with E-state index >= 15 is 0 Å². The van der Waals surface area contributed by atoms with Crippen LogP contribution >= 0.6 is 0 Å². The zero-order valence-electron chi connectivity index (χ0n) is 10.3. The Morgan fingerprint density at radius 2 is 2.25 bits per heavy atom. The molecule has 0 aliphatic heterocycles. The molecule has 5 heteroatoms. The molecule has 0 radical (unpaired) electrons. The topological polar surface area (TPSA) is 48.3 Å². The van der Waals surface area contributed by atoms with Gasteiger partial charge in [0.2, 0.25) is 0 Å². The van der Waals surface area contributed by atoms with Crippen LogP contribution in [0.4, 0.5) is 5.69 Å². The molecule has 0 aromatic carbocycles. The maximum Gasteiger partial charge on any atom is 0.0726 e. The van der Waals surface area contributed by atoms with Crippen LogP contribution in [0.3, 0.4) is 0 Å². The molecule has 1 unspecified atom stereocenters. The summed E-state index contributed by atoms with van der Waals surface area (Å²) in [5.74, 6) is 0.493. The van der Waals surface area contributed by atoms with Crippen molar-refractivity contribution in [1.29, 1.82) is 0 Å². The number of rotatable bonds is 8. The van der Waals surface area contributed by atoms with E-state index in [2.05, 4.69) is 17.3 Å². The van der Waals surface area contributed by atoms with Crippen LogP contribution in [0, 0.1) is 5.92 Å². The number of methoxy groups -OCH3 is 2. The van der Waals surface area contributed by atoms with E-state index in [0.29, 0.717) is 12.5 Å². The molecule has 1 N–H and O–H groups in total. The van der Waals surface area contributed by atoms with Crippen LogP contribution in [-0.4, -0.2) is 43.8 Å². The van der Waals surface area contributed by atoms with Crippen molar-refractivity contribution in [2.24, 2.45) is 5.92 Å². The van der Waals surface area contributed by atoms with E-state index in [4.69, 9.17) is 9.47 Å². The lowest BCUT2D eigenvalue weighted by atomic mass is 10.2. The Hall–Kier alpha value is -1.07. The number of anilines is 1. The zero-order chi connectivity index (χ0) is 11.8. The number of nitrogens with one attached hydrogen (secondary N) is 1. The predicted octanol–water partition coefficient (Wildman–Crippen LogP) is 1.22. The van der Waals surface area contributed by atoms with Crippen LogP contribution < -0.4 is 5.32 Å². The minimum Gasteiger partial charge on any atom is -0.384 e. The Labute approximate surface area is 96.7 Å². The van der Waals surface area contributed by atoms with E-state index in [9.17, 15) is 0 Å². The van der Waals surface area contributed by atoms with Crippen LogP contribution in [0.2, 0.25) is 0 Å². The summed E-state index contributed by atoms with van der Waals surface area (Å²) < 4.78 is 11.9. The smallest absolute Gasteiger partial charge is 0.0726 e. The van der Waals surface area contributed by atoms with Crippen LogP contribution in [0.1, 0.15) is 6.92 Å². The standard InChI is InChI=1S/C11H21N3O2/c1-10(9-16-3)6-12-11-7-13-14(8-11)4-5-15-2/h7-8,10,12H,4-6,9H2,1-3H3. The molecule has 1 aromatic heterocycles. The maximum atomic E-state index is 5.07. The molecule has 0 aliphatic rings. The Morgan fingerprint density at radius 1 is 1.44 bits per heavy atom. The van der Waals surface area contributed by atoms with Gasteiger partial charge in [-0.15, -0.1) is 0 Å². The van der Waals surface area contributed by atoms with Gasteiger partial charge in [0.15, 0.2) is 0 Å². The summed E-state index contributed by atoms with van der Waals surface area (Å²) in [5.41, 5.74) is 1.04. The molecule has 0 amide bonds. The largest absolute Gasteiger partial charge is 0.384 e. The number of hydrogen-bond donors (Lipinski definition) is 1. The molecular weight excluding hydrogens is 206 g/mol. The number of aromatic nitrogens is 2. The van der Waals surface area contributed by atoms with E-state index in [1.54, 1.807) is 14.2 Å². The molecule has 0 spiro atoms. The minimum absolute atomic E-state index is 0.493. The molecule has 5 nitrogen and oxygen atoms in total. The van der Waals surface area contributed by atoms with Gasteiger partial charge in [0.05, 0.1) is 31.6 Å². The number of nitrogens with zero attached hydrogens (tertiary/aromatic N) is 2. The van der Waals surface area contributed by atoms with E-state index in [-0.39, 0.29) is 0 Å². The van der Waals surface area contributed by atoms with Crippen molar-refractivity contribution < 1.29 is 9.47 Å². The second kappa shape index (κ2) is 7.24. The second-order valence-electron chi connectivity index (χ2n) is 3.93. The van der Waals surface area contributed by atoms with Crippen molar-refractivity contribution in [1.82, 2.24) is 9.78 Å². The Balaban J connectivity index is 2.28. The Morgan fingerprint density at radius 3 is 2.94 bits per heavy atom. The molecule has 16 heavy (non-hydrogen) atoms. The minimum atomic E-state index is 0.493. The Kier molecular flexibility index (Phi) is 5.88. The fraction of sp³-hybridized carbons (Fsp3) is 0.727. The highest BCUT2D eigenvalue weighted by Crippen LogP contribution is 2.06. The molecule has 0 bridgehead atoms. The van der Waals surface area contributed by atoms with E-state index in [0.717, 1.165) is 25.4 Å². The summed E-state index contributed by atoms with van der Waals surface area (Å²) >= 11 is 0. The van der Waals surface area contributed by atoms with Crippen molar-refractivity contribution >= 4 is 5.69 Å². The molecule has 0 saturated heterocycles. The lowest BCUT2D eigenvalue weighted by Gasteiger charge is -2.10. The molecule has 1 rings (SSSR count). The molecule has 1 aromatic rings. The average molecular weight is 227 g/mol. The van der Waals surface area contributed by atoms with Crippen molar-refractivity contribution in [3.63, 3.8) is 0 Å². The number of ether oxygens (including phenoxy) is 2. The van der Waals surface area contributed by atoms with Gasteiger partial charge in [0.1, 0.15) is 0 Å². The third kappa shape index (κ3) is 4.63. The first-order valence-electron chi connectivity index (χ1n) is 5.50. The second-order valence-corrected chi connectivity index (χ2v) is 3.93. The third-order valence-electron chi connectivity index (χ3n) is 2.26. The van der Waals surface area contributed by atoms with Crippen molar-refractivity contribution in [3.8, 4) is 0 Å². The SMILES string of the molecule is COCCn1cc(NCC(C)COC)cn1.